The lowest BCUT2D eigenvalue weighted by Crippen LogP contribution is -2.19. The van der Waals surface area contributed by atoms with E-state index in [4.69, 9.17) is 10.6 Å². The van der Waals surface area contributed by atoms with Crippen LogP contribution in [0.5, 0.6) is 0 Å². The molecule has 0 saturated heterocycles. The van der Waals surface area contributed by atoms with Gasteiger partial charge in [-0.15, -0.1) is 0 Å². The number of ether oxygens (including phenoxy) is 1. The van der Waals surface area contributed by atoms with Gasteiger partial charge in [0.2, 0.25) is 0 Å². The van der Waals surface area contributed by atoms with Crippen molar-refractivity contribution in [3.05, 3.63) is 11.4 Å². The number of hydrogen-bond donors (Lipinski definition) is 3. The van der Waals surface area contributed by atoms with Crippen LogP contribution in [-0.2, 0) is 11.2 Å². The molecule has 6 heteroatoms. The molecule has 0 aliphatic heterocycles. The molecule has 18 heavy (non-hydrogen) atoms. The van der Waals surface area contributed by atoms with E-state index in [1.54, 1.807) is 7.11 Å². The third kappa shape index (κ3) is 3.82. The number of hydrazine groups is 1. The summed E-state index contributed by atoms with van der Waals surface area (Å²) in [6, 6.07) is 0. The van der Waals surface area contributed by atoms with Crippen molar-refractivity contribution < 1.29 is 4.74 Å². The predicted octanol–water partition coefficient (Wildman–Crippen LogP) is 1.33. The van der Waals surface area contributed by atoms with Crippen LogP contribution >= 0.6 is 0 Å². The molecule has 0 spiro atoms. The van der Waals surface area contributed by atoms with Crippen molar-refractivity contribution in [2.24, 2.45) is 11.8 Å². The van der Waals surface area contributed by atoms with E-state index in [2.05, 4.69) is 27.6 Å². The average Bonchev–Trinajstić information content (AvgIpc) is 2.38. The van der Waals surface area contributed by atoms with Crippen molar-refractivity contribution in [2.75, 3.05) is 31.0 Å². The second-order valence-corrected chi connectivity index (χ2v) is 4.40. The second-order valence-electron chi connectivity index (χ2n) is 4.40. The van der Waals surface area contributed by atoms with Gasteiger partial charge >= 0.3 is 0 Å². The predicted molar refractivity (Wildman–Crippen MR) is 73.5 cm³/mol. The molecule has 6 nitrogen and oxygen atoms in total. The Hall–Kier alpha value is -1.40. The maximum absolute atomic E-state index is 5.46. The van der Waals surface area contributed by atoms with E-state index in [0.717, 1.165) is 36.8 Å². The Morgan fingerprint density at radius 3 is 2.56 bits per heavy atom. The smallest absolute Gasteiger partial charge is 0.148 e. The molecule has 1 aromatic rings. The van der Waals surface area contributed by atoms with Crippen molar-refractivity contribution in [3.8, 4) is 0 Å². The maximum atomic E-state index is 5.46. The fourth-order valence-corrected chi connectivity index (χ4v) is 1.65. The van der Waals surface area contributed by atoms with E-state index >= 15 is 0 Å². The van der Waals surface area contributed by atoms with Gasteiger partial charge in [0.25, 0.3) is 0 Å². The molecular formula is C12H23N5O. The summed E-state index contributed by atoms with van der Waals surface area (Å²) in [7, 11) is 1.71. The zero-order chi connectivity index (χ0) is 13.5. The molecule has 0 aliphatic carbocycles. The lowest BCUT2D eigenvalue weighted by molar-refractivity contribution is 0.164. The number of aromatic nitrogens is 2. The largest absolute Gasteiger partial charge is 0.384 e. The van der Waals surface area contributed by atoms with Gasteiger partial charge in [0.15, 0.2) is 0 Å². The summed E-state index contributed by atoms with van der Waals surface area (Å²) < 4.78 is 5.11. The Kier molecular flexibility index (Phi) is 5.80. The molecule has 1 heterocycles. The van der Waals surface area contributed by atoms with Crippen LogP contribution in [0.2, 0.25) is 0 Å². The molecule has 4 N–H and O–H groups in total. The van der Waals surface area contributed by atoms with Crippen molar-refractivity contribution in [2.45, 2.75) is 27.2 Å². The Bertz CT molecular complexity index is 383. The van der Waals surface area contributed by atoms with Gasteiger partial charge in [-0.1, -0.05) is 13.8 Å². The van der Waals surface area contributed by atoms with Crippen LogP contribution in [-0.4, -0.2) is 30.2 Å². The molecule has 1 atom stereocenters. The molecule has 102 valence electrons. The third-order valence-corrected chi connectivity index (χ3v) is 2.71. The first-order valence-electron chi connectivity index (χ1n) is 6.19. The number of nitrogen functional groups attached to an aromatic ring is 1. The van der Waals surface area contributed by atoms with Crippen LogP contribution in [0.3, 0.4) is 0 Å². The number of nitrogens with zero attached hydrogens (tertiary/aromatic N) is 2. The molecule has 0 aromatic carbocycles. The van der Waals surface area contributed by atoms with Crippen molar-refractivity contribution in [1.29, 1.82) is 0 Å². The van der Waals surface area contributed by atoms with Crippen molar-refractivity contribution in [1.82, 2.24) is 9.97 Å². The molecule has 1 unspecified atom stereocenters. The zero-order valence-corrected chi connectivity index (χ0v) is 11.6. The maximum Gasteiger partial charge on any atom is 0.148 e. The monoisotopic (exact) mass is 253 g/mol. The quantitative estimate of drug-likeness (QED) is 0.502. The van der Waals surface area contributed by atoms with E-state index in [1.165, 1.54) is 0 Å². The van der Waals surface area contributed by atoms with Crippen LogP contribution in [0.1, 0.15) is 25.2 Å². The number of nitrogens with two attached hydrogens (primary N) is 1. The highest BCUT2D eigenvalue weighted by Gasteiger charge is 2.10. The summed E-state index contributed by atoms with van der Waals surface area (Å²) >= 11 is 0. The minimum absolute atomic E-state index is 0.420. The number of anilines is 2. The van der Waals surface area contributed by atoms with Gasteiger partial charge in [0.05, 0.1) is 6.61 Å². The Labute approximate surface area is 108 Å². The first kappa shape index (κ1) is 14.7. The summed E-state index contributed by atoms with van der Waals surface area (Å²) in [5.74, 6) is 8.15. The number of aryl methyl sites for hydroxylation is 1. The Morgan fingerprint density at radius 2 is 2.00 bits per heavy atom. The number of methoxy groups -OCH3 is 1. The van der Waals surface area contributed by atoms with E-state index in [1.807, 2.05) is 13.8 Å². The molecule has 1 aromatic heterocycles. The molecule has 1 rings (SSSR count). The highest BCUT2D eigenvalue weighted by Crippen LogP contribution is 2.19. The fraction of sp³-hybridized carbons (Fsp3) is 0.667. The van der Waals surface area contributed by atoms with Gasteiger partial charge in [-0.05, 0) is 12.8 Å². The summed E-state index contributed by atoms with van der Waals surface area (Å²) in [5.41, 5.74) is 3.54. The van der Waals surface area contributed by atoms with Crippen LogP contribution in [0.4, 0.5) is 11.6 Å². The number of rotatable bonds is 7. The topological polar surface area (TPSA) is 85.1 Å². The van der Waals surface area contributed by atoms with Gasteiger partial charge in [-0.3, -0.25) is 0 Å². The second kappa shape index (κ2) is 7.13. The summed E-state index contributed by atoms with van der Waals surface area (Å²) in [5, 5.41) is 3.32. The van der Waals surface area contributed by atoms with Gasteiger partial charge in [-0.2, -0.15) is 0 Å². The standard InChI is InChI=1S/C12H23N5O/c1-5-10-15-11(9(3)12(16-10)17-13)14-6-8(2)7-18-4/h8H,5-7,13H2,1-4H3,(H2,14,15,16,17). The van der Waals surface area contributed by atoms with Gasteiger partial charge in [0.1, 0.15) is 17.5 Å². The summed E-state index contributed by atoms with van der Waals surface area (Å²) in [6.07, 6.45) is 0.775. The van der Waals surface area contributed by atoms with Crippen molar-refractivity contribution >= 4 is 11.6 Å². The highest BCUT2D eigenvalue weighted by molar-refractivity contribution is 5.56. The Morgan fingerprint density at radius 1 is 1.33 bits per heavy atom. The minimum Gasteiger partial charge on any atom is -0.384 e. The van der Waals surface area contributed by atoms with Crippen LogP contribution in [0, 0.1) is 12.8 Å². The molecule has 0 saturated carbocycles. The summed E-state index contributed by atoms with van der Waals surface area (Å²) in [6.45, 7) is 7.61. The summed E-state index contributed by atoms with van der Waals surface area (Å²) in [4.78, 5) is 8.79. The molecule has 0 bridgehead atoms. The molecule has 0 aliphatic rings. The van der Waals surface area contributed by atoms with E-state index in [-0.39, 0.29) is 0 Å². The Balaban J connectivity index is 2.80. The van der Waals surface area contributed by atoms with Crippen LogP contribution in [0.15, 0.2) is 0 Å². The van der Waals surface area contributed by atoms with E-state index in [0.29, 0.717) is 11.7 Å². The minimum atomic E-state index is 0.420. The fourth-order valence-electron chi connectivity index (χ4n) is 1.65. The van der Waals surface area contributed by atoms with E-state index in [9.17, 15) is 0 Å². The lowest BCUT2D eigenvalue weighted by Gasteiger charge is -2.16. The number of hydrogen-bond acceptors (Lipinski definition) is 6. The molecule has 0 amide bonds. The van der Waals surface area contributed by atoms with Crippen LogP contribution < -0.4 is 16.6 Å². The SMILES string of the molecule is CCc1nc(NN)c(C)c(NCC(C)COC)n1. The molecular weight excluding hydrogens is 230 g/mol. The van der Waals surface area contributed by atoms with Gasteiger partial charge in [0, 0.05) is 25.6 Å². The van der Waals surface area contributed by atoms with Gasteiger partial charge < -0.3 is 15.5 Å². The van der Waals surface area contributed by atoms with Gasteiger partial charge in [-0.25, -0.2) is 15.8 Å². The number of nitrogens with one attached hydrogen (secondary N) is 2. The van der Waals surface area contributed by atoms with Crippen molar-refractivity contribution in [3.63, 3.8) is 0 Å². The third-order valence-electron chi connectivity index (χ3n) is 2.71. The lowest BCUT2D eigenvalue weighted by atomic mass is 10.2. The molecule has 0 fully saturated rings. The van der Waals surface area contributed by atoms with Crippen LogP contribution in [0.25, 0.3) is 0 Å². The van der Waals surface area contributed by atoms with E-state index < -0.39 is 0 Å². The average molecular weight is 253 g/mol. The molecule has 0 radical (unpaired) electrons. The first-order chi connectivity index (χ1) is 8.62. The normalized spacial score (nSPS) is 12.3. The highest BCUT2D eigenvalue weighted by atomic mass is 16.5. The zero-order valence-electron chi connectivity index (χ0n) is 11.6. The first-order valence-corrected chi connectivity index (χ1v) is 6.19.